The molecule has 0 aliphatic heterocycles. The Labute approximate surface area is 411 Å². The SMILES string of the molecule is c1cc(-c2ccc(N(c3ccc(-c4cccc(-n5c6ccccc6c6ccccc65)c4)cc3)c3ccc(-c4cccc5c4oc4c6ccccc6ccc54)cc3)cc2)cc(-c2cccc3ccccc23)c1. The van der Waals surface area contributed by atoms with Crippen molar-refractivity contribution in [2.24, 2.45) is 0 Å². The fourth-order valence-corrected chi connectivity index (χ4v) is 11.0. The second-order valence-corrected chi connectivity index (χ2v) is 18.5. The largest absolute Gasteiger partial charge is 0.455 e. The molecule has 3 nitrogen and oxygen atoms in total. The maximum atomic E-state index is 6.77. The highest BCUT2D eigenvalue weighted by molar-refractivity contribution is 6.17. The van der Waals surface area contributed by atoms with Crippen LogP contribution in [0.2, 0.25) is 0 Å². The van der Waals surface area contributed by atoms with E-state index in [-0.39, 0.29) is 0 Å². The molecule has 0 saturated carbocycles. The molecule has 71 heavy (non-hydrogen) atoms. The zero-order valence-corrected chi connectivity index (χ0v) is 38.7. The molecule has 0 amide bonds. The molecule has 3 heteroatoms. The van der Waals surface area contributed by atoms with Gasteiger partial charge in [0.25, 0.3) is 0 Å². The van der Waals surface area contributed by atoms with Gasteiger partial charge in [-0.05, 0) is 128 Å². The summed E-state index contributed by atoms with van der Waals surface area (Å²) in [6, 6.07) is 96.6. The average Bonchev–Trinajstić information content (AvgIpc) is 4.00. The van der Waals surface area contributed by atoms with Gasteiger partial charge in [0.15, 0.2) is 0 Å². The summed E-state index contributed by atoms with van der Waals surface area (Å²) in [5, 5.41) is 9.58. The van der Waals surface area contributed by atoms with Crippen LogP contribution in [-0.2, 0) is 0 Å². The molecule has 0 aliphatic rings. The van der Waals surface area contributed by atoms with E-state index in [4.69, 9.17) is 4.42 Å². The second-order valence-electron chi connectivity index (χ2n) is 18.5. The van der Waals surface area contributed by atoms with E-state index in [9.17, 15) is 0 Å². The van der Waals surface area contributed by atoms with E-state index in [1.807, 2.05) is 0 Å². The van der Waals surface area contributed by atoms with Gasteiger partial charge in [0.05, 0.1) is 11.0 Å². The Morgan fingerprint density at radius 3 is 1.41 bits per heavy atom. The lowest BCUT2D eigenvalue weighted by Gasteiger charge is -2.26. The van der Waals surface area contributed by atoms with Crippen LogP contribution in [0.25, 0.3) is 115 Å². The Morgan fingerprint density at radius 1 is 0.268 bits per heavy atom. The normalized spacial score (nSPS) is 11.7. The van der Waals surface area contributed by atoms with Gasteiger partial charge in [0.1, 0.15) is 11.2 Å². The highest BCUT2D eigenvalue weighted by atomic mass is 16.3. The second kappa shape index (κ2) is 16.7. The van der Waals surface area contributed by atoms with Gasteiger partial charge in [-0.15, -0.1) is 0 Å². The van der Waals surface area contributed by atoms with E-state index in [0.29, 0.717) is 0 Å². The first-order valence-electron chi connectivity index (χ1n) is 24.3. The Balaban J connectivity index is 0.842. The van der Waals surface area contributed by atoms with Crippen molar-refractivity contribution in [1.82, 2.24) is 4.57 Å². The summed E-state index contributed by atoms with van der Waals surface area (Å²) in [5.41, 5.74) is 17.8. The van der Waals surface area contributed by atoms with Crippen molar-refractivity contribution in [2.75, 3.05) is 4.90 Å². The summed E-state index contributed by atoms with van der Waals surface area (Å²) < 4.78 is 9.15. The molecular formula is C68H44N2O. The fraction of sp³-hybridized carbons (Fsp3) is 0. The zero-order valence-electron chi connectivity index (χ0n) is 38.7. The van der Waals surface area contributed by atoms with E-state index in [1.165, 1.54) is 54.7 Å². The van der Waals surface area contributed by atoms with E-state index in [1.54, 1.807) is 0 Å². The number of benzene rings is 12. The van der Waals surface area contributed by atoms with Gasteiger partial charge in [0.2, 0.25) is 0 Å². The number of rotatable bonds is 8. The van der Waals surface area contributed by atoms with Crippen LogP contribution in [0.4, 0.5) is 17.1 Å². The number of hydrogen-bond acceptors (Lipinski definition) is 2. The van der Waals surface area contributed by atoms with Crippen molar-refractivity contribution >= 4 is 82.4 Å². The molecule has 12 aromatic carbocycles. The average molecular weight is 905 g/mol. The third-order valence-corrected chi connectivity index (χ3v) is 14.4. The molecule has 0 aliphatic carbocycles. The van der Waals surface area contributed by atoms with Crippen molar-refractivity contribution in [3.8, 4) is 50.2 Å². The molecule has 14 rings (SSSR count). The van der Waals surface area contributed by atoms with Gasteiger partial charge in [-0.3, -0.25) is 0 Å². The molecule has 2 aromatic heterocycles. The molecule has 0 radical (unpaired) electrons. The summed E-state index contributed by atoms with van der Waals surface area (Å²) in [6.45, 7) is 0. The number of hydrogen-bond donors (Lipinski definition) is 0. The van der Waals surface area contributed by atoms with Crippen molar-refractivity contribution in [3.63, 3.8) is 0 Å². The van der Waals surface area contributed by atoms with Crippen LogP contribution < -0.4 is 4.90 Å². The summed E-state index contributed by atoms with van der Waals surface area (Å²) >= 11 is 0. The van der Waals surface area contributed by atoms with Gasteiger partial charge < -0.3 is 13.9 Å². The quantitative estimate of drug-likeness (QED) is 0.151. The number of para-hydroxylation sites is 3. The van der Waals surface area contributed by atoms with E-state index >= 15 is 0 Å². The number of aromatic nitrogens is 1. The molecule has 0 N–H and O–H groups in total. The number of nitrogens with zero attached hydrogens (tertiary/aromatic N) is 2. The van der Waals surface area contributed by atoms with Gasteiger partial charge in [-0.1, -0.05) is 194 Å². The monoisotopic (exact) mass is 904 g/mol. The van der Waals surface area contributed by atoms with Crippen molar-refractivity contribution < 1.29 is 4.42 Å². The van der Waals surface area contributed by atoms with Gasteiger partial charge in [0, 0.05) is 55.2 Å². The number of furan rings is 1. The molecule has 2 heterocycles. The van der Waals surface area contributed by atoms with Gasteiger partial charge in [-0.25, -0.2) is 0 Å². The molecule has 0 unspecified atom stereocenters. The van der Waals surface area contributed by atoms with Crippen LogP contribution in [0, 0.1) is 0 Å². The predicted molar refractivity (Wildman–Crippen MR) is 299 cm³/mol. The Hall–Kier alpha value is -9.44. The maximum absolute atomic E-state index is 6.77. The Morgan fingerprint density at radius 2 is 0.732 bits per heavy atom. The highest BCUT2D eigenvalue weighted by Crippen LogP contribution is 2.42. The van der Waals surface area contributed by atoms with Crippen LogP contribution in [0.5, 0.6) is 0 Å². The Kier molecular flexibility index (Phi) is 9.53. The van der Waals surface area contributed by atoms with Crippen molar-refractivity contribution in [2.45, 2.75) is 0 Å². The van der Waals surface area contributed by atoms with Crippen LogP contribution in [0.1, 0.15) is 0 Å². The lowest BCUT2D eigenvalue weighted by Crippen LogP contribution is -2.09. The maximum Gasteiger partial charge on any atom is 0.143 e. The molecule has 0 spiro atoms. The number of anilines is 3. The van der Waals surface area contributed by atoms with Crippen molar-refractivity contribution in [3.05, 3.63) is 267 Å². The predicted octanol–water partition coefficient (Wildman–Crippen LogP) is 19.1. The molecule has 332 valence electrons. The first kappa shape index (κ1) is 40.6. The summed E-state index contributed by atoms with van der Waals surface area (Å²) in [5.74, 6) is 0. The van der Waals surface area contributed by atoms with Gasteiger partial charge in [-0.2, -0.15) is 0 Å². The molecule has 0 fully saturated rings. The summed E-state index contributed by atoms with van der Waals surface area (Å²) in [7, 11) is 0. The molecule has 14 aromatic rings. The van der Waals surface area contributed by atoms with Crippen LogP contribution in [-0.4, -0.2) is 4.57 Å². The van der Waals surface area contributed by atoms with Crippen LogP contribution in [0.3, 0.4) is 0 Å². The minimum atomic E-state index is 0.904. The minimum Gasteiger partial charge on any atom is -0.455 e. The number of fused-ring (bicyclic) bond motifs is 9. The third kappa shape index (κ3) is 6.89. The van der Waals surface area contributed by atoms with Crippen molar-refractivity contribution in [1.29, 1.82) is 0 Å². The van der Waals surface area contributed by atoms with Crippen LogP contribution >= 0.6 is 0 Å². The third-order valence-electron chi connectivity index (χ3n) is 14.4. The topological polar surface area (TPSA) is 21.3 Å². The molecule has 0 atom stereocenters. The minimum absolute atomic E-state index is 0.904. The lowest BCUT2D eigenvalue weighted by molar-refractivity contribution is 0.674. The van der Waals surface area contributed by atoms with Gasteiger partial charge >= 0.3 is 0 Å². The highest BCUT2D eigenvalue weighted by Gasteiger charge is 2.18. The zero-order chi connectivity index (χ0) is 46.8. The first-order valence-corrected chi connectivity index (χ1v) is 24.3. The lowest BCUT2D eigenvalue weighted by atomic mass is 9.95. The molecule has 0 bridgehead atoms. The van der Waals surface area contributed by atoms with E-state index in [2.05, 4.69) is 276 Å². The van der Waals surface area contributed by atoms with E-state index < -0.39 is 0 Å². The van der Waals surface area contributed by atoms with E-state index in [0.717, 1.165) is 77.9 Å². The smallest absolute Gasteiger partial charge is 0.143 e. The molecule has 0 saturated heterocycles. The Bertz CT molecular complexity index is 4270. The first-order chi connectivity index (χ1) is 35.2. The fourth-order valence-electron chi connectivity index (χ4n) is 11.0. The summed E-state index contributed by atoms with van der Waals surface area (Å²) in [4.78, 5) is 2.35. The molecular weight excluding hydrogens is 861 g/mol. The van der Waals surface area contributed by atoms with Crippen LogP contribution in [0.15, 0.2) is 271 Å². The standard InChI is InChI=1S/C68H44N2O/c1-3-20-57-47(13-1)15-11-24-58(57)52-18-9-16-50(43-52)45-29-36-53(37-30-45)69(55-40-33-49(34-41-55)60-25-12-26-63-64-42-35-48-14-2-4-21-59(48)68(64)71-67(60)63)54-38-31-46(32-39-54)51-17-10-19-56(44-51)70-65-27-7-5-22-61(65)62-23-6-8-28-66(62)70/h1-44H. The summed E-state index contributed by atoms with van der Waals surface area (Å²) in [6.07, 6.45) is 0.